The highest BCUT2D eigenvalue weighted by molar-refractivity contribution is 5.83. The van der Waals surface area contributed by atoms with Gasteiger partial charge >= 0.3 is 0 Å². The first kappa shape index (κ1) is 18.8. The van der Waals surface area contributed by atoms with Gasteiger partial charge in [0.1, 0.15) is 11.5 Å². The van der Waals surface area contributed by atoms with E-state index >= 15 is 0 Å². The SMILES string of the molecule is COc1ccc(C(CN2CCOCC2)NC(=O)C2Cc3ccccc3O2)cc1. The van der Waals surface area contributed by atoms with Gasteiger partial charge in [0, 0.05) is 26.1 Å². The Kier molecular flexibility index (Phi) is 5.78. The van der Waals surface area contributed by atoms with Crippen LogP contribution in [0.5, 0.6) is 11.5 Å². The number of hydrogen-bond donors (Lipinski definition) is 1. The zero-order chi connectivity index (χ0) is 19.3. The first-order valence-electron chi connectivity index (χ1n) is 9.72. The molecule has 0 bridgehead atoms. The van der Waals surface area contributed by atoms with Gasteiger partial charge in [-0.2, -0.15) is 0 Å². The third-order valence-electron chi connectivity index (χ3n) is 5.32. The Morgan fingerprint density at radius 1 is 1.18 bits per heavy atom. The highest BCUT2D eigenvalue weighted by Gasteiger charge is 2.31. The number of hydrogen-bond acceptors (Lipinski definition) is 5. The van der Waals surface area contributed by atoms with Gasteiger partial charge < -0.3 is 19.5 Å². The van der Waals surface area contributed by atoms with Gasteiger partial charge in [0.25, 0.3) is 5.91 Å². The fourth-order valence-electron chi connectivity index (χ4n) is 3.71. The Morgan fingerprint density at radius 3 is 2.64 bits per heavy atom. The van der Waals surface area contributed by atoms with Gasteiger partial charge in [0.05, 0.1) is 26.4 Å². The molecule has 1 N–H and O–H groups in total. The fraction of sp³-hybridized carbons (Fsp3) is 0.409. The van der Waals surface area contributed by atoms with Crippen molar-refractivity contribution >= 4 is 5.91 Å². The van der Waals surface area contributed by atoms with Crippen molar-refractivity contribution in [2.45, 2.75) is 18.6 Å². The second kappa shape index (κ2) is 8.63. The molecule has 0 spiro atoms. The van der Waals surface area contributed by atoms with Gasteiger partial charge in [-0.1, -0.05) is 30.3 Å². The van der Waals surface area contributed by atoms with E-state index in [1.807, 2.05) is 48.5 Å². The Balaban J connectivity index is 1.47. The van der Waals surface area contributed by atoms with Crippen molar-refractivity contribution < 1.29 is 19.0 Å². The monoisotopic (exact) mass is 382 g/mol. The summed E-state index contributed by atoms with van der Waals surface area (Å²) in [5.41, 5.74) is 2.13. The maximum absolute atomic E-state index is 13.0. The molecule has 2 atom stereocenters. The van der Waals surface area contributed by atoms with Crippen LogP contribution < -0.4 is 14.8 Å². The maximum Gasteiger partial charge on any atom is 0.261 e. The minimum absolute atomic E-state index is 0.0784. The average molecular weight is 382 g/mol. The van der Waals surface area contributed by atoms with Crippen molar-refractivity contribution in [1.29, 1.82) is 0 Å². The fourth-order valence-corrected chi connectivity index (χ4v) is 3.71. The van der Waals surface area contributed by atoms with Crippen LogP contribution in [0.4, 0.5) is 0 Å². The lowest BCUT2D eigenvalue weighted by Crippen LogP contribution is -2.46. The number of methoxy groups -OCH3 is 1. The normalized spacial score (nSPS) is 20.1. The van der Waals surface area contributed by atoms with E-state index in [1.54, 1.807) is 7.11 Å². The second-order valence-corrected chi connectivity index (χ2v) is 7.17. The molecule has 0 aromatic heterocycles. The van der Waals surface area contributed by atoms with E-state index in [9.17, 15) is 4.79 Å². The van der Waals surface area contributed by atoms with Crippen molar-refractivity contribution in [3.8, 4) is 11.5 Å². The standard InChI is InChI=1S/C22H26N2O4/c1-26-18-8-6-16(7-9-18)19(15-24-10-12-27-13-11-24)23-22(25)21-14-17-4-2-3-5-20(17)28-21/h2-9,19,21H,10-15H2,1H3,(H,23,25). The molecule has 0 radical (unpaired) electrons. The van der Waals surface area contributed by atoms with E-state index < -0.39 is 6.10 Å². The third kappa shape index (κ3) is 4.29. The predicted molar refractivity (Wildman–Crippen MR) is 106 cm³/mol. The molecule has 2 aliphatic heterocycles. The second-order valence-electron chi connectivity index (χ2n) is 7.17. The summed E-state index contributed by atoms with van der Waals surface area (Å²) in [5, 5.41) is 3.21. The van der Waals surface area contributed by atoms with Crippen molar-refractivity contribution in [2.24, 2.45) is 0 Å². The molecule has 0 aliphatic carbocycles. The Labute approximate surface area is 165 Å². The minimum Gasteiger partial charge on any atom is -0.497 e. The topological polar surface area (TPSA) is 60.0 Å². The van der Waals surface area contributed by atoms with Crippen LogP contribution in [0.1, 0.15) is 17.2 Å². The van der Waals surface area contributed by atoms with E-state index in [1.165, 1.54) is 0 Å². The summed E-state index contributed by atoms with van der Waals surface area (Å²) in [6.45, 7) is 3.93. The van der Waals surface area contributed by atoms with Gasteiger partial charge in [0.2, 0.25) is 0 Å². The molecule has 1 fully saturated rings. The Morgan fingerprint density at radius 2 is 1.93 bits per heavy atom. The lowest BCUT2D eigenvalue weighted by Gasteiger charge is -2.31. The number of fused-ring (bicyclic) bond motifs is 1. The van der Waals surface area contributed by atoms with Crippen LogP contribution in [0.15, 0.2) is 48.5 Å². The summed E-state index contributed by atoms with van der Waals surface area (Å²) in [5.74, 6) is 1.52. The molecule has 2 unspecified atom stereocenters. The van der Waals surface area contributed by atoms with E-state index in [0.29, 0.717) is 6.42 Å². The van der Waals surface area contributed by atoms with Crippen LogP contribution in [-0.4, -0.2) is 56.9 Å². The van der Waals surface area contributed by atoms with Crippen molar-refractivity contribution in [3.05, 3.63) is 59.7 Å². The first-order valence-corrected chi connectivity index (χ1v) is 9.72. The molecule has 6 heteroatoms. The van der Waals surface area contributed by atoms with Gasteiger partial charge in [-0.15, -0.1) is 0 Å². The number of nitrogens with one attached hydrogen (secondary N) is 1. The van der Waals surface area contributed by atoms with Crippen LogP contribution >= 0.6 is 0 Å². The van der Waals surface area contributed by atoms with Gasteiger partial charge in [-0.25, -0.2) is 0 Å². The number of carbonyl (C=O) groups excluding carboxylic acids is 1. The summed E-state index contributed by atoms with van der Waals surface area (Å²) in [6, 6.07) is 15.6. The number of carbonyl (C=O) groups is 1. The first-order chi connectivity index (χ1) is 13.7. The molecular weight excluding hydrogens is 356 g/mol. The van der Waals surface area contributed by atoms with E-state index in [4.69, 9.17) is 14.2 Å². The van der Waals surface area contributed by atoms with Crippen molar-refractivity contribution in [3.63, 3.8) is 0 Å². The summed E-state index contributed by atoms with van der Waals surface area (Å²) in [6.07, 6.45) is 0.123. The highest BCUT2D eigenvalue weighted by atomic mass is 16.5. The largest absolute Gasteiger partial charge is 0.497 e. The van der Waals surface area contributed by atoms with Crippen LogP contribution in [0.2, 0.25) is 0 Å². The van der Waals surface area contributed by atoms with Crippen LogP contribution in [-0.2, 0) is 16.0 Å². The zero-order valence-electron chi connectivity index (χ0n) is 16.1. The zero-order valence-corrected chi connectivity index (χ0v) is 16.1. The highest BCUT2D eigenvalue weighted by Crippen LogP contribution is 2.29. The molecule has 1 amide bonds. The van der Waals surface area contributed by atoms with E-state index in [2.05, 4.69) is 10.2 Å². The number of amides is 1. The van der Waals surface area contributed by atoms with Gasteiger partial charge in [0.15, 0.2) is 6.10 Å². The van der Waals surface area contributed by atoms with E-state index in [0.717, 1.165) is 55.5 Å². The number of nitrogens with zero attached hydrogens (tertiary/aromatic N) is 1. The Bertz CT molecular complexity index is 777. The summed E-state index contributed by atoms with van der Waals surface area (Å²) >= 11 is 0. The van der Waals surface area contributed by atoms with Crippen molar-refractivity contribution in [2.75, 3.05) is 40.0 Å². The number of benzene rings is 2. The molecule has 2 aromatic carbocycles. The lowest BCUT2D eigenvalue weighted by atomic mass is 10.0. The smallest absolute Gasteiger partial charge is 0.261 e. The molecule has 2 aromatic rings. The summed E-state index contributed by atoms with van der Waals surface area (Å²) in [4.78, 5) is 15.3. The molecule has 0 saturated carbocycles. The van der Waals surface area contributed by atoms with E-state index in [-0.39, 0.29) is 11.9 Å². The molecule has 2 aliphatic rings. The molecule has 148 valence electrons. The van der Waals surface area contributed by atoms with Gasteiger partial charge in [-0.3, -0.25) is 9.69 Å². The minimum atomic E-state index is -0.483. The number of morpholine rings is 1. The molecular formula is C22H26N2O4. The molecule has 28 heavy (non-hydrogen) atoms. The van der Waals surface area contributed by atoms with Gasteiger partial charge in [-0.05, 0) is 29.3 Å². The maximum atomic E-state index is 13.0. The van der Waals surface area contributed by atoms with Crippen molar-refractivity contribution in [1.82, 2.24) is 10.2 Å². The number of rotatable bonds is 6. The molecule has 6 nitrogen and oxygen atoms in total. The Hall–Kier alpha value is -2.57. The quantitative estimate of drug-likeness (QED) is 0.830. The average Bonchev–Trinajstić information content (AvgIpc) is 3.18. The van der Waals surface area contributed by atoms with Crippen LogP contribution in [0.25, 0.3) is 0 Å². The lowest BCUT2D eigenvalue weighted by molar-refractivity contribution is -0.128. The molecule has 2 heterocycles. The molecule has 1 saturated heterocycles. The third-order valence-corrected chi connectivity index (χ3v) is 5.32. The number of para-hydroxylation sites is 1. The summed E-state index contributed by atoms with van der Waals surface area (Å²) < 4.78 is 16.6. The molecule has 4 rings (SSSR count). The predicted octanol–water partition coefficient (Wildman–Crippen LogP) is 2.19. The summed E-state index contributed by atoms with van der Waals surface area (Å²) in [7, 11) is 1.65. The van der Waals surface area contributed by atoms with Crippen LogP contribution in [0, 0.1) is 0 Å². The van der Waals surface area contributed by atoms with Crippen LogP contribution in [0.3, 0.4) is 0 Å². The number of ether oxygens (including phenoxy) is 3.